The van der Waals surface area contributed by atoms with Crippen molar-refractivity contribution in [2.75, 3.05) is 11.4 Å². The Labute approximate surface area is 182 Å². The maximum atomic E-state index is 10.8. The molecule has 0 spiro atoms. The van der Waals surface area contributed by atoms with Crippen molar-refractivity contribution in [3.05, 3.63) is 39.4 Å². The van der Waals surface area contributed by atoms with E-state index >= 15 is 0 Å². The third-order valence-electron chi connectivity index (χ3n) is 5.88. The van der Waals surface area contributed by atoms with E-state index in [4.69, 9.17) is 0 Å². The fourth-order valence-electron chi connectivity index (χ4n) is 4.34. The van der Waals surface area contributed by atoms with Gasteiger partial charge in [-0.3, -0.25) is 0 Å². The molecule has 0 aliphatic carbocycles. The Balaban J connectivity index is 1.51. The minimum absolute atomic E-state index is 0.272. The summed E-state index contributed by atoms with van der Waals surface area (Å²) in [5.74, 6) is 0.272. The van der Waals surface area contributed by atoms with Crippen LogP contribution in [0.2, 0.25) is 0 Å². The molecule has 148 valence electrons. The van der Waals surface area contributed by atoms with E-state index in [0.29, 0.717) is 16.9 Å². The fraction of sp³-hybridized carbons (Fsp3) is 0.364. The fourth-order valence-corrected chi connectivity index (χ4v) is 5.65. The number of benzene rings is 2. The lowest BCUT2D eigenvalue weighted by atomic mass is 9.88. The maximum Gasteiger partial charge on any atom is 0.220 e. The Hall–Kier alpha value is -2.21. The number of aromatic nitrogens is 1. The molecule has 1 aromatic heterocycles. The van der Waals surface area contributed by atoms with Crippen molar-refractivity contribution in [3.63, 3.8) is 0 Å². The summed E-state index contributed by atoms with van der Waals surface area (Å²) < 4.78 is 2.13. The molecule has 3 heterocycles. The van der Waals surface area contributed by atoms with Crippen molar-refractivity contribution in [1.29, 1.82) is 0 Å². The van der Waals surface area contributed by atoms with Crippen LogP contribution in [0.5, 0.6) is 5.75 Å². The molecular formula is C22H21BrN4OS. The van der Waals surface area contributed by atoms with Crippen LogP contribution >= 0.6 is 27.3 Å². The van der Waals surface area contributed by atoms with Gasteiger partial charge in [0.1, 0.15) is 17.4 Å². The van der Waals surface area contributed by atoms with Gasteiger partial charge >= 0.3 is 0 Å². The van der Waals surface area contributed by atoms with Crippen LogP contribution < -0.4 is 4.90 Å². The zero-order chi connectivity index (χ0) is 20.1. The van der Waals surface area contributed by atoms with Crippen molar-refractivity contribution in [2.24, 2.45) is 9.98 Å². The van der Waals surface area contributed by atoms with Gasteiger partial charge < -0.3 is 10.0 Å². The van der Waals surface area contributed by atoms with Gasteiger partial charge in [-0.1, -0.05) is 27.3 Å². The molecule has 1 atom stereocenters. The number of aromatic hydroxyl groups is 1. The number of thiazole rings is 1. The Bertz CT molecular complexity index is 1160. The molecule has 2 aromatic carbocycles. The van der Waals surface area contributed by atoms with Crippen LogP contribution in [0.1, 0.15) is 36.5 Å². The molecule has 0 radical (unpaired) electrons. The lowest BCUT2D eigenvalue weighted by molar-refractivity contribution is 0.458. The van der Waals surface area contributed by atoms with Crippen molar-refractivity contribution in [2.45, 2.75) is 45.6 Å². The molecule has 0 bridgehead atoms. The van der Waals surface area contributed by atoms with Gasteiger partial charge in [-0.15, -0.1) is 0 Å². The van der Waals surface area contributed by atoms with Gasteiger partial charge in [-0.2, -0.15) is 9.98 Å². The molecule has 2 aliphatic rings. The number of rotatable bonds is 2. The highest BCUT2D eigenvalue weighted by Gasteiger charge is 2.31. The molecule has 29 heavy (non-hydrogen) atoms. The highest BCUT2D eigenvalue weighted by molar-refractivity contribution is 9.10. The van der Waals surface area contributed by atoms with Crippen LogP contribution in [0, 0.1) is 6.92 Å². The Morgan fingerprint density at radius 1 is 1.28 bits per heavy atom. The highest BCUT2D eigenvalue weighted by atomic mass is 79.9. The number of fused-ring (bicyclic) bond motifs is 1. The molecule has 0 fully saturated rings. The average Bonchev–Trinajstić information content (AvgIpc) is 3.09. The van der Waals surface area contributed by atoms with Crippen molar-refractivity contribution < 1.29 is 5.11 Å². The first-order valence-electron chi connectivity index (χ1n) is 9.89. The summed E-state index contributed by atoms with van der Waals surface area (Å²) in [4.78, 5) is 15.6. The van der Waals surface area contributed by atoms with E-state index in [0.717, 1.165) is 58.0 Å². The summed E-state index contributed by atoms with van der Waals surface area (Å²) >= 11 is 5.06. The Kier molecular flexibility index (Phi) is 4.69. The monoisotopic (exact) mass is 468 g/mol. The third kappa shape index (κ3) is 3.27. The van der Waals surface area contributed by atoms with Crippen molar-refractivity contribution >= 4 is 60.0 Å². The molecular weight excluding hydrogens is 448 g/mol. The second-order valence-electron chi connectivity index (χ2n) is 7.80. The number of hydrogen-bond acceptors (Lipinski definition) is 6. The van der Waals surface area contributed by atoms with Gasteiger partial charge in [-0.25, -0.2) is 4.98 Å². The lowest BCUT2D eigenvalue weighted by Gasteiger charge is -2.41. The Morgan fingerprint density at radius 2 is 2.14 bits per heavy atom. The van der Waals surface area contributed by atoms with E-state index in [1.807, 2.05) is 19.1 Å². The number of hydrogen-bond donors (Lipinski definition) is 1. The molecule has 1 N–H and O–H groups in total. The molecule has 0 amide bonds. The summed E-state index contributed by atoms with van der Waals surface area (Å²) in [5, 5.41) is 11.4. The van der Waals surface area contributed by atoms with E-state index in [-0.39, 0.29) is 5.75 Å². The number of halogens is 1. The van der Waals surface area contributed by atoms with Crippen LogP contribution in [0.15, 0.2) is 32.7 Å². The van der Waals surface area contributed by atoms with E-state index in [1.54, 1.807) is 0 Å². The van der Waals surface area contributed by atoms with E-state index in [1.165, 1.54) is 22.6 Å². The van der Waals surface area contributed by atoms with Gasteiger partial charge in [0, 0.05) is 28.3 Å². The highest BCUT2D eigenvalue weighted by Crippen LogP contribution is 2.46. The zero-order valence-corrected chi connectivity index (χ0v) is 18.8. The van der Waals surface area contributed by atoms with Gasteiger partial charge in [-0.05, 0) is 68.9 Å². The number of aliphatic imine (C=N–C) groups is 2. The predicted molar refractivity (Wildman–Crippen MR) is 123 cm³/mol. The number of anilines is 1. The molecule has 0 saturated carbocycles. The SMILES string of the molecule is Cc1cc2nc(N=C=Nc3cc4c5c(c3O)CCCN5C(C)CC4)sc2cc1Br. The summed E-state index contributed by atoms with van der Waals surface area (Å²) in [6.45, 7) is 5.38. The maximum absolute atomic E-state index is 10.8. The molecule has 5 nitrogen and oxygen atoms in total. The van der Waals surface area contributed by atoms with Crippen LogP contribution in [0.3, 0.4) is 0 Å². The van der Waals surface area contributed by atoms with Gasteiger partial charge in [0.05, 0.1) is 10.2 Å². The zero-order valence-electron chi connectivity index (χ0n) is 16.4. The topological polar surface area (TPSA) is 61.1 Å². The lowest BCUT2D eigenvalue weighted by Crippen LogP contribution is -2.41. The van der Waals surface area contributed by atoms with E-state index in [9.17, 15) is 5.11 Å². The molecule has 5 rings (SSSR count). The van der Waals surface area contributed by atoms with Crippen LogP contribution in [-0.2, 0) is 12.8 Å². The minimum Gasteiger partial charge on any atom is -0.505 e. The summed E-state index contributed by atoms with van der Waals surface area (Å²) in [5.41, 5.74) is 6.15. The standard InChI is InChI=1S/C22H21BrN4OS/c1-12-8-17-19(10-16(12)23)29-22(26-17)25-11-24-18-9-14-6-5-13(2)27-7-3-4-15(20(14)27)21(18)28/h8-10,13,28H,3-7H2,1-2H3. The second-order valence-corrected chi connectivity index (χ2v) is 9.67. The quantitative estimate of drug-likeness (QED) is 0.449. The first-order valence-corrected chi connectivity index (χ1v) is 11.5. The van der Waals surface area contributed by atoms with Gasteiger partial charge in [0.15, 0.2) is 0 Å². The first-order chi connectivity index (χ1) is 14.0. The number of aryl methyl sites for hydroxylation is 2. The summed E-state index contributed by atoms with van der Waals surface area (Å²) in [7, 11) is 0. The number of nitrogens with zero attached hydrogens (tertiary/aromatic N) is 4. The van der Waals surface area contributed by atoms with Crippen LogP contribution in [0.25, 0.3) is 10.2 Å². The molecule has 7 heteroatoms. The second kappa shape index (κ2) is 7.24. The summed E-state index contributed by atoms with van der Waals surface area (Å²) in [6.07, 6.45) is 4.11. The average molecular weight is 469 g/mol. The number of phenols is 1. The predicted octanol–water partition coefficient (Wildman–Crippen LogP) is 6.30. The first kappa shape index (κ1) is 18.8. The molecule has 2 aliphatic heterocycles. The largest absolute Gasteiger partial charge is 0.505 e. The molecule has 3 aromatic rings. The molecule has 0 saturated heterocycles. The summed E-state index contributed by atoms with van der Waals surface area (Å²) in [6, 6.07) is 9.39. The van der Waals surface area contributed by atoms with Gasteiger partial charge in [0.2, 0.25) is 5.13 Å². The van der Waals surface area contributed by atoms with Crippen molar-refractivity contribution in [3.8, 4) is 5.75 Å². The Morgan fingerprint density at radius 3 is 3.00 bits per heavy atom. The van der Waals surface area contributed by atoms with Crippen LogP contribution in [-0.4, -0.2) is 28.7 Å². The van der Waals surface area contributed by atoms with Crippen LogP contribution in [0.4, 0.5) is 16.5 Å². The van der Waals surface area contributed by atoms with E-state index < -0.39 is 0 Å². The normalized spacial score (nSPS) is 17.8. The van der Waals surface area contributed by atoms with Gasteiger partial charge in [0.25, 0.3) is 0 Å². The van der Waals surface area contributed by atoms with Crippen molar-refractivity contribution in [1.82, 2.24) is 4.98 Å². The van der Waals surface area contributed by atoms with E-state index in [2.05, 4.69) is 54.8 Å². The smallest absolute Gasteiger partial charge is 0.220 e. The molecule has 1 unspecified atom stereocenters. The minimum atomic E-state index is 0.272. The number of phenolic OH excluding ortho intramolecular Hbond substituents is 1. The third-order valence-corrected chi connectivity index (χ3v) is 7.65.